The second-order valence-corrected chi connectivity index (χ2v) is 5.53. The molecule has 0 saturated heterocycles. The van der Waals surface area contributed by atoms with Gasteiger partial charge in [0.2, 0.25) is 5.91 Å². The lowest BCUT2D eigenvalue weighted by Gasteiger charge is -2.10. The summed E-state index contributed by atoms with van der Waals surface area (Å²) in [5.41, 5.74) is 2.04. The maximum Gasteiger partial charge on any atom is 0.337 e. The zero-order chi connectivity index (χ0) is 17.4. The summed E-state index contributed by atoms with van der Waals surface area (Å²) in [4.78, 5) is 23.4. The standard InChI is InChI=1S/C18H19ClN2O3/c1-24-18(23)14-7-8-15(19)16(11-14)20-10-9-17(22)21-12-13-5-3-2-4-6-13/h2-8,11,20H,9-10,12H2,1H3,(H,21,22). The molecule has 0 aliphatic rings. The van der Waals surface area contributed by atoms with Gasteiger partial charge in [0.15, 0.2) is 0 Å². The molecule has 0 saturated carbocycles. The van der Waals surface area contributed by atoms with Crippen molar-refractivity contribution in [1.29, 1.82) is 0 Å². The largest absolute Gasteiger partial charge is 0.465 e. The predicted molar refractivity (Wildman–Crippen MR) is 94.2 cm³/mol. The number of methoxy groups -OCH3 is 1. The van der Waals surface area contributed by atoms with Gasteiger partial charge in [0.05, 0.1) is 23.4 Å². The number of nitrogens with one attached hydrogen (secondary N) is 2. The van der Waals surface area contributed by atoms with Crippen molar-refractivity contribution in [3.05, 3.63) is 64.7 Å². The lowest BCUT2D eigenvalue weighted by atomic mass is 10.2. The monoisotopic (exact) mass is 346 g/mol. The lowest BCUT2D eigenvalue weighted by Crippen LogP contribution is -2.24. The van der Waals surface area contributed by atoms with Crippen molar-refractivity contribution in [2.24, 2.45) is 0 Å². The third-order valence-electron chi connectivity index (χ3n) is 3.39. The highest BCUT2D eigenvalue weighted by Gasteiger charge is 2.09. The van der Waals surface area contributed by atoms with Gasteiger partial charge < -0.3 is 15.4 Å². The van der Waals surface area contributed by atoms with Crippen LogP contribution in [0.25, 0.3) is 0 Å². The first-order chi connectivity index (χ1) is 11.6. The molecule has 6 heteroatoms. The minimum absolute atomic E-state index is 0.0633. The van der Waals surface area contributed by atoms with E-state index in [2.05, 4.69) is 15.4 Å². The first kappa shape index (κ1) is 17.8. The third kappa shape index (κ3) is 5.28. The molecule has 0 aliphatic carbocycles. The van der Waals surface area contributed by atoms with E-state index < -0.39 is 5.97 Å². The highest BCUT2D eigenvalue weighted by Crippen LogP contribution is 2.23. The van der Waals surface area contributed by atoms with Gasteiger partial charge in [0.1, 0.15) is 0 Å². The van der Waals surface area contributed by atoms with Crippen LogP contribution in [0.1, 0.15) is 22.3 Å². The topological polar surface area (TPSA) is 67.4 Å². The Morgan fingerprint density at radius 1 is 1.12 bits per heavy atom. The summed E-state index contributed by atoms with van der Waals surface area (Å²) in [7, 11) is 1.32. The van der Waals surface area contributed by atoms with Gasteiger partial charge in [-0.2, -0.15) is 0 Å². The third-order valence-corrected chi connectivity index (χ3v) is 3.72. The molecule has 1 amide bonds. The average molecular weight is 347 g/mol. The summed E-state index contributed by atoms with van der Waals surface area (Å²) in [5.74, 6) is -0.498. The number of ether oxygens (including phenoxy) is 1. The molecular formula is C18H19ClN2O3. The van der Waals surface area contributed by atoms with Crippen LogP contribution < -0.4 is 10.6 Å². The van der Waals surface area contributed by atoms with Gasteiger partial charge in [-0.05, 0) is 23.8 Å². The van der Waals surface area contributed by atoms with E-state index >= 15 is 0 Å². The van der Waals surface area contributed by atoms with E-state index in [1.54, 1.807) is 18.2 Å². The van der Waals surface area contributed by atoms with Gasteiger partial charge in [-0.3, -0.25) is 4.79 Å². The number of carbonyl (C=O) groups is 2. The molecule has 2 N–H and O–H groups in total. The van der Waals surface area contributed by atoms with E-state index in [1.165, 1.54) is 7.11 Å². The van der Waals surface area contributed by atoms with Gasteiger partial charge in [0, 0.05) is 19.5 Å². The Kier molecular flexibility index (Phi) is 6.63. The molecule has 0 radical (unpaired) electrons. The average Bonchev–Trinajstić information content (AvgIpc) is 2.61. The molecule has 0 heterocycles. The molecule has 126 valence electrons. The van der Waals surface area contributed by atoms with E-state index in [-0.39, 0.29) is 5.91 Å². The van der Waals surface area contributed by atoms with Crippen LogP contribution in [-0.2, 0) is 16.1 Å². The summed E-state index contributed by atoms with van der Waals surface area (Å²) in [5, 5.41) is 6.39. The smallest absolute Gasteiger partial charge is 0.337 e. The molecule has 2 aromatic rings. The zero-order valence-electron chi connectivity index (χ0n) is 13.3. The van der Waals surface area contributed by atoms with Crippen molar-refractivity contribution in [1.82, 2.24) is 5.32 Å². The number of halogens is 1. The number of hydrogen-bond acceptors (Lipinski definition) is 4. The highest BCUT2D eigenvalue weighted by atomic mass is 35.5. The molecular weight excluding hydrogens is 328 g/mol. The lowest BCUT2D eigenvalue weighted by molar-refractivity contribution is -0.121. The number of esters is 1. The summed E-state index contributed by atoms with van der Waals surface area (Å²) in [6.07, 6.45) is 0.297. The number of hydrogen-bond donors (Lipinski definition) is 2. The fraction of sp³-hybridized carbons (Fsp3) is 0.222. The number of carbonyl (C=O) groups excluding carboxylic acids is 2. The fourth-order valence-electron chi connectivity index (χ4n) is 2.10. The Labute approximate surface area is 146 Å². The fourth-order valence-corrected chi connectivity index (χ4v) is 2.29. The Balaban J connectivity index is 1.81. The Hall–Kier alpha value is -2.53. The minimum atomic E-state index is -0.435. The van der Waals surface area contributed by atoms with Gasteiger partial charge in [-0.1, -0.05) is 41.9 Å². The maximum absolute atomic E-state index is 11.9. The Morgan fingerprint density at radius 3 is 2.58 bits per heavy atom. The Bertz CT molecular complexity index is 705. The van der Waals surface area contributed by atoms with Gasteiger partial charge in [-0.15, -0.1) is 0 Å². The number of benzene rings is 2. The van der Waals surface area contributed by atoms with Crippen molar-refractivity contribution in [2.45, 2.75) is 13.0 Å². The predicted octanol–water partition coefficient (Wildman–Crippen LogP) is 3.25. The van der Waals surface area contributed by atoms with Crippen LogP contribution >= 0.6 is 11.6 Å². The van der Waals surface area contributed by atoms with E-state index in [0.717, 1.165) is 5.56 Å². The van der Waals surface area contributed by atoms with E-state index in [4.69, 9.17) is 11.6 Å². The first-order valence-electron chi connectivity index (χ1n) is 7.52. The van der Waals surface area contributed by atoms with Gasteiger partial charge >= 0.3 is 5.97 Å². The van der Waals surface area contributed by atoms with Crippen molar-refractivity contribution in [2.75, 3.05) is 19.0 Å². The quantitative estimate of drug-likeness (QED) is 0.755. The molecule has 0 aromatic heterocycles. The first-order valence-corrected chi connectivity index (χ1v) is 7.90. The van der Waals surface area contributed by atoms with Gasteiger partial charge in [-0.25, -0.2) is 4.79 Å². The minimum Gasteiger partial charge on any atom is -0.465 e. The summed E-state index contributed by atoms with van der Waals surface area (Å²) >= 11 is 6.09. The van der Waals surface area contributed by atoms with Crippen LogP contribution in [0.3, 0.4) is 0 Å². The van der Waals surface area contributed by atoms with Crippen LogP contribution in [0.5, 0.6) is 0 Å². The van der Waals surface area contributed by atoms with Crippen LogP contribution in [-0.4, -0.2) is 25.5 Å². The molecule has 0 spiro atoms. The SMILES string of the molecule is COC(=O)c1ccc(Cl)c(NCCC(=O)NCc2ccccc2)c1. The van der Waals surface area contributed by atoms with Crippen LogP contribution in [0.2, 0.25) is 5.02 Å². The molecule has 0 unspecified atom stereocenters. The Morgan fingerprint density at radius 2 is 1.88 bits per heavy atom. The molecule has 5 nitrogen and oxygen atoms in total. The van der Waals surface area contributed by atoms with Crippen molar-refractivity contribution in [3.8, 4) is 0 Å². The van der Waals surface area contributed by atoms with Crippen molar-refractivity contribution < 1.29 is 14.3 Å². The van der Waals surface area contributed by atoms with Crippen LogP contribution in [0, 0.1) is 0 Å². The summed E-state index contributed by atoms with van der Waals surface area (Å²) < 4.78 is 4.67. The van der Waals surface area contributed by atoms with E-state index in [1.807, 2.05) is 30.3 Å². The maximum atomic E-state index is 11.9. The summed E-state index contributed by atoms with van der Waals surface area (Å²) in [6.45, 7) is 0.906. The van der Waals surface area contributed by atoms with Crippen molar-refractivity contribution >= 4 is 29.2 Å². The van der Waals surface area contributed by atoms with E-state index in [0.29, 0.717) is 35.8 Å². The summed E-state index contributed by atoms with van der Waals surface area (Å²) in [6, 6.07) is 14.5. The highest BCUT2D eigenvalue weighted by molar-refractivity contribution is 6.33. The molecule has 0 atom stereocenters. The number of rotatable bonds is 7. The zero-order valence-corrected chi connectivity index (χ0v) is 14.1. The molecule has 0 bridgehead atoms. The molecule has 2 aromatic carbocycles. The van der Waals surface area contributed by atoms with Crippen LogP contribution in [0.4, 0.5) is 5.69 Å². The molecule has 24 heavy (non-hydrogen) atoms. The molecule has 2 rings (SSSR count). The molecule has 0 fully saturated rings. The number of anilines is 1. The second kappa shape index (κ2) is 8.93. The van der Waals surface area contributed by atoms with Crippen molar-refractivity contribution in [3.63, 3.8) is 0 Å². The number of amides is 1. The van der Waals surface area contributed by atoms with Crippen LogP contribution in [0.15, 0.2) is 48.5 Å². The van der Waals surface area contributed by atoms with Gasteiger partial charge in [0.25, 0.3) is 0 Å². The normalized spacial score (nSPS) is 10.1. The molecule has 0 aliphatic heterocycles. The second-order valence-electron chi connectivity index (χ2n) is 5.13. The van der Waals surface area contributed by atoms with E-state index in [9.17, 15) is 9.59 Å².